The summed E-state index contributed by atoms with van der Waals surface area (Å²) in [4.78, 5) is 22.4. The number of aromatic nitrogens is 3. The van der Waals surface area contributed by atoms with Crippen LogP contribution in [0.5, 0.6) is 0 Å². The van der Waals surface area contributed by atoms with E-state index in [9.17, 15) is 9.90 Å². The van der Waals surface area contributed by atoms with E-state index in [4.69, 9.17) is 0 Å². The quantitative estimate of drug-likeness (QED) is 0.889. The fourth-order valence-electron chi connectivity index (χ4n) is 2.86. The number of aryl methyl sites for hydroxylation is 1. The molecule has 1 aliphatic heterocycles. The highest BCUT2D eigenvalue weighted by molar-refractivity contribution is 5.74. The molecule has 23 heavy (non-hydrogen) atoms. The van der Waals surface area contributed by atoms with E-state index in [0.29, 0.717) is 13.1 Å². The molecular weight excluding hydrogens is 294 g/mol. The van der Waals surface area contributed by atoms with E-state index in [2.05, 4.69) is 15.3 Å². The van der Waals surface area contributed by atoms with Gasteiger partial charge >= 0.3 is 6.03 Å². The molecule has 1 unspecified atom stereocenters. The number of rotatable bonds is 4. The highest BCUT2D eigenvalue weighted by Crippen LogP contribution is 2.16. The molecule has 0 radical (unpaired) electrons. The van der Waals surface area contributed by atoms with Gasteiger partial charge in [-0.25, -0.2) is 14.8 Å². The van der Waals surface area contributed by atoms with Crippen LogP contribution < -0.4 is 5.32 Å². The van der Waals surface area contributed by atoms with Gasteiger partial charge in [-0.2, -0.15) is 0 Å². The van der Waals surface area contributed by atoms with Crippen molar-refractivity contribution in [2.24, 2.45) is 0 Å². The third kappa shape index (κ3) is 3.34. The fraction of sp³-hybridized carbons (Fsp3) is 0.438. The van der Waals surface area contributed by atoms with Crippen LogP contribution in [-0.4, -0.2) is 49.8 Å². The van der Waals surface area contributed by atoms with Crippen LogP contribution in [0.15, 0.2) is 30.7 Å². The second-order valence-electron chi connectivity index (χ2n) is 5.70. The van der Waals surface area contributed by atoms with Gasteiger partial charge in [0.2, 0.25) is 0 Å². The Bertz CT molecular complexity index is 667. The number of nitrogens with one attached hydrogen (secondary N) is 1. The molecule has 0 aliphatic carbocycles. The van der Waals surface area contributed by atoms with Gasteiger partial charge < -0.3 is 15.3 Å². The van der Waals surface area contributed by atoms with E-state index in [1.54, 1.807) is 17.3 Å². The van der Waals surface area contributed by atoms with Gasteiger partial charge in [-0.15, -0.1) is 0 Å². The first-order valence-corrected chi connectivity index (χ1v) is 7.79. The molecule has 2 N–H and O–H groups in total. The van der Waals surface area contributed by atoms with Gasteiger partial charge in [-0.3, -0.25) is 4.57 Å². The summed E-state index contributed by atoms with van der Waals surface area (Å²) in [5.41, 5.74) is 0.930. The number of hydrogen-bond donors (Lipinski definition) is 2. The highest BCUT2D eigenvalue weighted by Gasteiger charge is 2.27. The number of nitrogens with zero attached hydrogens (tertiary/aromatic N) is 4. The first-order valence-electron chi connectivity index (χ1n) is 7.79. The van der Waals surface area contributed by atoms with E-state index in [-0.39, 0.29) is 18.7 Å². The Kier molecular flexibility index (Phi) is 4.57. The number of aliphatic hydroxyl groups is 1. The molecule has 2 aromatic heterocycles. The summed E-state index contributed by atoms with van der Waals surface area (Å²) in [6, 6.07) is 3.66. The zero-order chi connectivity index (χ0) is 16.2. The summed E-state index contributed by atoms with van der Waals surface area (Å²) >= 11 is 0. The third-order valence-corrected chi connectivity index (χ3v) is 4.17. The van der Waals surface area contributed by atoms with Gasteiger partial charge in [0.05, 0.1) is 12.6 Å². The highest BCUT2D eigenvalue weighted by atomic mass is 16.3. The van der Waals surface area contributed by atoms with E-state index in [0.717, 1.165) is 30.0 Å². The predicted octanol–water partition coefficient (Wildman–Crippen LogP) is 1.24. The molecule has 7 nitrogen and oxygen atoms in total. The van der Waals surface area contributed by atoms with Crippen LogP contribution >= 0.6 is 0 Å². The molecule has 1 saturated heterocycles. The molecule has 0 saturated carbocycles. The fourth-order valence-corrected chi connectivity index (χ4v) is 2.86. The van der Waals surface area contributed by atoms with Gasteiger partial charge in [0.15, 0.2) is 0 Å². The zero-order valence-corrected chi connectivity index (χ0v) is 13.1. The van der Waals surface area contributed by atoms with Crippen LogP contribution in [0.25, 0.3) is 5.82 Å². The Labute approximate surface area is 135 Å². The standard InChI is InChI=1S/C16H21N5O2/c1-12-17-6-8-20(12)15-5-4-13(9-18-15)10-19-16(23)21-7-2-3-14(21)11-22/h4-6,8-9,14,22H,2-3,7,10-11H2,1H3,(H,19,23). The minimum atomic E-state index is -0.129. The molecule has 7 heteroatoms. The minimum absolute atomic E-state index is 0.0218. The Hall–Kier alpha value is -2.41. The molecule has 1 atom stereocenters. The first kappa shape index (κ1) is 15.5. The molecule has 0 bridgehead atoms. The van der Waals surface area contributed by atoms with Gasteiger partial charge in [0.1, 0.15) is 11.6 Å². The molecule has 3 rings (SSSR count). The summed E-state index contributed by atoms with van der Waals surface area (Å²) in [6.07, 6.45) is 7.16. The largest absolute Gasteiger partial charge is 0.394 e. The van der Waals surface area contributed by atoms with E-state index in [1.807, 2.05) is 29.8 Å². The summed E-state index contributed by atoms with van der Waals surface area (Å²) in [7, 11) is 0. The van der Waals surface area contributed by atoms with Crippen LogP contribution in [0.1, 0.15) is 24.2 Å². The van der Waals surface area contributed by atoms with Crippen LogP contribution in [0, 0.1) is 6.92 Å². The maximum absolute atomic E-state index is 12.2. The second kappa shape index (κ2) is 6.78. The second-order valence-corrected chi connectivity index (χ2v) is 5.70. The van der Waals surface area contributed by atoms with Gasteiger partial charge in [-0.05, 0) is 31.4 Å². The topological polar surface area (TPSA) is 83.3 Å². The van der Waals surface area contributed by atoms with Gasteiger partial charge in [0, 0.05) is 31.7 Å². The summed E-state index contributed by atoms with van der Waals surface area (Å²) in [6.45, 7) is 3.06. The molecule has 1 fully saturated rings. The molecule has 3 heterocycles. The van der Waals surface area contributed by atoms with E-state index < -0.39 is 0 Å². The maximum Gasteiger partial charge on any atom is 0.317 e. The Balaban J connectivity index is 1.59. The van der Waals surface area contributed by atoms with E-state index >= 15 is 0 Å². The average Bonchev–Trinajstić information content (AvgIpc) is 3.21. The van der Waals surface area contributed by atoms with Crippen molar-refractivity contribution in [2.75, 3.05) is 13.2 Å². The van der Waals surface area contributed by atoms with Crippen LogP contribution in [-0.2, 0) is 6.54 Å². The molecule has 0 spiro atoms. The van der Waals surface area contributed by atoms with Crippen molar-refractivity contribution in [1.29, 1.82) is 0 Å². The monoisotopic (exact) mass is 315 g/mol. The molecule has 0 aromatic carbocycles. The molecule has 2 aromatic rings. The Morgan fingerprint density at radius 3 is 2.96 bits per heavy atom. The number of likely N-dealkylation sites (tertiary alicyclic amines) is 1. The smallest absolute Gasteiger partial charge is 0.317 e. The maximum atomic E-state index is 12.2. The van der Waals surface area contributed by atoms with Gasteiger partial charge in [0.25, 0.3) is 0 Å². The summed E-state index contributed by atoms with van der Waals surface area (Å²) in [5.74, 6) is 1.68. The summed E-state index contributed by atoms with van der Waals surface area (Å²) < 4.78 is 1.90. The van der Waals surface area contributed by atoms with Crippen molar-refractivity contribution in [3.8, 4) is 5.82 Å². The Morgan fingerprint density at radius 1 is 1.43 bits per heavy atom. The Morgan fingerprint density at radius 2 is 2.30 bits per heavy atom. The number of carbonyl (C=O) groups is 1. The lowest BCUT2D eigenvalue weighted by Gasteiger charge is -2.23. The minimum Gasteiger partial charge on any atom is -0.394 e. The van der Waals surface area contributed by atoms with E-state index in [1.165, 1.54) is 0 Å². The molecular formula is C16H21N5O2. The lowest BCUT2D eigenvalue weighted by atomic mass is 10.2. The third-order valence-electron chi connectivity index (χ3n) is 4.17. The number of carbonyl (C=O) groups excluding carboxylic acids is 1. The SMILES string of the molecule is Cc1nccn1-c1ccc(CNC(=O)N2CCCC2CO)cn1. The number of amides is 2. The van der Waals surface area contributed by atoms with Crippen molar-refractivity contribution >= 4 is 6.03 Å². The average molecular weight is 315 g/mol. The lowest BCUT2D eigenvalue weighted by molar-refractivity contribution is 0.157. The number of urea groups is 1. The lowest BCUT2D eigenvalue weighted by Crippen LogP contribution is -2.43. The van der Waals surface area contributed by atoms with Crippen molar-refractivity contribution in [3.05, 3.63) is 42.1 Å². The molecule has 1 aliphatic rings. The normalized spacial score (nSPS) is 17.5. The molecule has 2 amide bonds. The number of pyridine rings is 1. The zero-order valence-electron chi connectivity index (χ0n) is 13.1. The van der Waals surface area contributed by atoms with Crippen molar-refractivity contribution in [2.45, 2.75) is 32.4 Å². The van der Waals surface area contributed by atoms with Crippen molar-refractivity contribution in [1.82, 2.24) is 24.8 Å². The van der Waals surface area contributed by atoms with Gasteiger partial charge in [-0.1, -0.05) is 6.07 Å². The van der Waals surface area contributed by atoms with Crippen molar-refractivity contribution in [3.63, 3.8) is 0 Å². The number of imidazole rings is 1. The number of hydrogen-bond acceptors (Lipinski definition) is 4. The summed E-state index contributed by atoms with van der Waals surface area (Å²) in [5, 5.41) is 12.2. The van der Waals surface area contributed by atoms with Crippen molar-refractivity contribution < 1.29 is 9.90 Å². The molecule has 122 valence electrons. The predicted molar refractivity (Wildman–Crippen MR) is 85.1 cm³/mol. The van der Waals surface area contributed by atoms with Crippen LogP contribution in [0.3, 0.4) is 0 Å². The first-order chi connectivity index (χ1) is 11.2. The number of aliphatic hydroxyl groups excluding tert-OH is 1. The van der Waals surface area contributed by atoms with Crippen LogP contribution in [0.4, 0.5) is 4.79 Å². The van der Waals surface area contributed by atoms with Crippen LogP contribution in [0.2, 0.25) is 0 Å².